The number of carbonyl (C=O) groups excluding carboxylic acids is 1. The summed E-state index contributed by atoms with van der Waals surface area (Å²) in [6.07, 6.45) is -2.33. The van der Waals surface area contributed by atoms with Gasteiger partial charge in [0.25, 0.3) is 0 Å². The van der Waals surface area contributed by atoms with Crippen LogP contribution in [0.1, 0.15) is 20.8 Å². The molecule has 0 spiro atoms. The summed E-state index contributed by atoms with van der Waals surface area (Å²) >= 11 is 0. The van der Waals surface area contributed by atoms with Crippen LogP contribution in [0.2, 0.25) is 0 Å². The van der Waals surface area contributed by atoms with E-state index in [1.807, 2.05) is 20.8 Å². The molecule has 0 atom stereocenters. The molecule has 0 N–H and O–H groups in total. The van der Waals surface area contributed by atoms with Crippen molar-refractivity contribution in [1.82, 2.24) is 0 Å². The molecule has 5 heteroatoms. The zero-order valence-electron chi connectivity index (χ0n) is 9.31. The van der Waals surface area contributed by atoms with Crippen molar-refractivity contribution in [2.24, 2.45) is 5.41 Å². The normalized spacial score (nSPS) is 12.1. The Morgan fingerprint density at radius 2 is 1.88 bits per heavy atom. The molecule has 0 radical (unpaired) electrons. The average Bonchev–Trinajstić information content (AvgIpc) is 2.07. The molecule has 0 aliphatic rings. The fourth-order valence-electron chi connectivity index (χ4n) is 0.571. The number of carbonyl (C=O) groups is 1. The maximum absolute atomic E-state index is 11.7. The highest BCUT2D eigenvalue weighted by Gasteiger charge is 2.40. The number of hydrogen-bond acceptors (Lipinski definition) is 2. The molecule has 16 heavy (non-hydrogen) atoms. The highest BCUT2D eigenvalue weighted by molar-refractivity contribution is 5.75. The van der Waals surface area contributed by atoms with Crippen molar-refractivity contribution in [2.75, 3.05) is 6.61 Å². The van der Waals surface area contributed by atoms with Gasteiger partial charge < -0.3 is 4.74 Å². The Morgan fingerprint density at radius 3 is 2.31 bits per heavy atom. The first-order chi connectivity index (χ1) is 7.13. The third-order valence-electron chi connectivity index (χ3n) is 1.19. The summed E-state index contributed by atoms with van der Waals surface area (Å²) < 4.78 is 38.9. The fraction of sp³-hybridized carbons (Fsp3) is 0.545. The standard InChI is InChI=1S/C11H13F3O2/c1-10(2,3)7-5-4-6-8-16-9(15)11(12,13)14/h4,6H,8H2,1-3H3/b6-4+. The van der Waals surface area contributed by atoms with Gasteiger partial charge in [0.1, 0.15) is 6.61 Å². The van der Waals surface area contributed by atoms with Crippen molar-refractivity contribution in [3.8, 4) is 11.8 Å². The summed E-state index contributed by atoms with van der Waals surface area (Å²) in [4.78, 5) is 10.2. The molecule has 0 bridgehead atoms. The minimum absolute atomic E-state index is 0.174. The van der Waals surface area contributed by atoms with E-state index in [1.54, 1.807) is 0 Å². The summed E-state index contributed by atoms with van der Waals surface area (Å²) in [5.41, 5.74) is -0.174. The predicted molar refractivity (Wildman–Crippen MR) is 53.4 cm³/mol. The molecular weight excluding hydrogens is 221 g/mol. The summed E-state index contributed by atoms with van der Waals surface area (Å²) in [6.45, 7) is 5.27. The van der Waals surface area contributed by atoms with E-state index in [0.29, 0.717) is 0 Å². The summed E-state index contributed by atoms with van der Waals surface area (Å²) in [5.74, 6) is 3.28. The van der Waals surface area contributed by atoms with Crippen molar-refractivity contribution in [3.05, 3.63) is 12.2 Å². The van der Waals surface area contributed by atoms with Gasteiger partial charge in [-0.1, -0.05) is 11.8 Å². The Labute approximate surface area is 92.5 Å². The lowest BCUT2D eigenvalue weighted by Gasteiger charge is -2.06. The molecule has 0 rings (SSSR count). The third kappa shape index (κ3) is 7.92. The van der Waals surface area contributed by atoms with Crippen LogP contribution in [0.25, 0.3) is 0 Å². The van der Waals surface area contributed by atoms with Crippen molar-refractivity contribution in [3.63, 3.8) is 0 Å². The fourth-order valence-corrected chi connectivity index (χ4v) is 0.571. The molecular formula is C11H13F3O2. The smallest absolute Gasteiger partial charge is 0.455 e. The van der Waals surface area contributed by atoms with Crippen molar-refractivity contribution in [2.45, 2.75) is 26.9 Å². The molecule has 0 aliphatic carbocycles. The highest BCUT2D eigenvalue weighted by Crippen LogP contribution is 2.16. The molecule has 0 fully saturated rings. The van der Waals surface area contributed by atoms with Gasteiger partial charge in [-0.3, -0.25) is 0 Å². The van der Waals surface area contributed by atoms with Crippen LogP contribution in [-0.4, -0.2) is 18.8 Å². The first-order valence-corrected chi connectivity index (χ1v) is 4.54. The van der Waals surface area contributed by atoms with E-state index in [0.717, 1.165) is 0 Å². The summed E-state index contributed by atoms with van der Waals surface area (Å²) in [7, 11) is 0. The van der Waals surface area contributed by atoms with Crippen LogP contribution < -0.4 is 0 Å². The third-order valence-corrected chi connectivity index (χ3v) is 1.19. The molecule has 2 nitrogen and oxygen atoms in total. The van der Waals surface area contributed by atoms with Gasteiger partial charge in [0.2, 0.25) is 0 Å². The Bertz CT molecular complexity index is 324. The van der Waals surface area contributed by atoms with Gasteiger partial charge in [0.05, 0.1) is 0 Å². The number of ether oxygens (including phenoxy) is 1. The molecule has 0 saturated heterocycles. The van der Waals surface area contributed by atoms with Crippen LogP contribution in [0.5, 0.6) is 0 Å². The lowest BCUT2D eigenvalue weighted by Crippen LogP contribution is -2.25. The number of rotatable bonds is 2. The van der Waals surface area contributed by atoms with E-state index >= 15 is 0 Å². The molecule has 0 aromatic rings. The molecule has 0 unspecified atom stereocenters. The Balaban J connectivity index is 3.96. The molecule has 0 heterocycles. The summed E-state index contributed by atoms with van der Waals surface area (Å²) in [6, 6.07) is 0. The highest BCUT2D eigenvalue weighted by atomic mass is 19.4. The zero-order chi connectivity index (χ0) is 12.8. The first-order valence-electron chi connectivity index (χ1n) is 4.54. The van der Waals surface area contributed by atoms with Crippen molar-refractivity contribution in [1.29, 1.82) is 0 Å². The topological polar surface area (TPSA) is 26.3 Å². The van der Waals surface area contributed by atoms with Gasteiger partial charge >= 0.3 is 12.1 Å². The van der Waals surface area contributed by atoms with Crippen molar-refractivity contribution >= 4 is 5.97 Å². The number of esters is 1. The van der Waals surface area contributed by atoms with Gasteiger partial charge in [-0.25, -0.2) is 4.79 Å². The van der Waals surface area contributed by atoms with Crippen LogP contribution in [0.4, 0.5) is 13.2 Å². The van der Waals surface area contributed by atoms with Crippen LogP contribution >= 0.6 is 0 Å². The number of hydrogen-bond donors (Lipinski definition) is 0. The minimum Gasteiger partial charge on any atom is -0.455 e. The van der Waals surface area contributed by atoms with Gasteiger partial charge in [-0.15, -0.1) is 0 Å². The monoisotopic (exact) mass is 234 g/mol. The van der Waals surface area contributed by atoms with Crippen LogP contribution in [0.15, 0.2) is 12.2 Å². The quantitative estimate of drug-likeness (QED) is 0.542. The maximum atomic E-state index is 11.7. The van der Waals surface area contributed by atoms with Gasteiger partial charge in [0, 0.05) is 5.41 Å². The van der Waals surface area contributed by atoms with E-state index < -0.39 is 18.8 Å². The van der Waals surface area contributed by atoms with Crippen molar-refractivity contribution < 1.29 is 22.7 Å². The van der Waals surface area contributed by atoms with Gasteiger partial charge in [-0.05, 0) is 32.9 Å². The SMILES string of the molecule is CC(C)(C)C#C/C=C/COC(=O)C(F)(F)F. The zero-order valence-corrected chi connectivity index (χ0v) is 9.31. The van der Waals surface area contributed by atoms with E-state index in [4.69, 9.17) is 0 Å². The molecule has 0 aromatic heterocycles. The van der Waals surface area contributed by atoms with Crippen LogP contribution in [0, 0.1) is 17.3 Å². The summed E-state index contributed by atoms with van der Waals surface area (Å²) in [5, 5.41) is 0. The Morgan fingerprint density at radius 1 is 1.31 bits per heavy atom. The number of allylic oxidation sites excluding steroid dienone is 1. The molecule has 0 saturated carbocycles. The van der Waals surface area contributed by atoms with E-state index in [9.17, 15) is 18.0 Å². The van der Waals surface area contributed by atoms with Gasteiger partial charge in [-0.2, -0.15) is 13.2 Å². The molecule has 0 aliphatic heterocycles. The van der Waals surface area contributed by atoms with E-state index in [-0.39, 0.29) is 5.41 Å². The van der Waals surface area contributed by atoms with E-state index in [1.165, 1.54) is 12.2 Å². The number of halogens is 3. The van der Waals surface area contributed by atoms with E-state index in [2.05, 4.69) is 16.6 Å². The molecule has 0 amide bonds. The van der Waals surface area contributed by atoms with Crippen LogP contribution in [-0.2, 0) is 9.53 Å². The maximum Gasteiger partial charge on any atom is 0.490 e. The predicted octanol–water partition coefficient (Wildman–Crippen LogP) is 2.70. The Hall–Kier alpha value is -1.44. The second-order valence-electron chi connectivity index (χ2n) is 4.02. The molecule has 0 aromatic carbocycles. The minimum atomic E-state index is -4.94. The largest absolute Gasteiger partial charge is 0.490 e. The average molecular weight is 234 g/mol. The van der Waals surface area contributed by atoms with Gasteiger partial charge in [0.15, 0.2) is 0 Å². The lowest BCUT2D eigenvalue weighted by molar-refractivity contribution is -0.198. The second-order valence-corrected chi connectivity index (χ2v) is 4.02. The molecule has 90 valence electrons. The Kier molecular flexibility index (Phi) is 5.09. The first kappa shape index (κ1) is 14.6. The number of alkyl halides is 3. The van der Waals surface area contributed by atoms with Crippen LogP contribution in [0.3, 0.4) is 0 Å². The lowest BCUT2D eigenvalue weighted by atomic mass is 9.98. The second kappa shape index (κ2) is 5.59.